The highest BCUT2D eigenvalue weighted by molar-refractivity contribution is 8.00. The van der Waals surface area contributed by atoms with E-state index in [-0.39, 0.29) is 17.0 Å². The summed E-state index contributed by atoms with van der Waals surface area (Å²) in [6, 6.07) is 3.00. The van der Waals surface area contributed by atoms with Crippen molar-refractivity contribution in [3.05, 3.63) is 17.8 Å². The predicted molar refractivity (Wildman–Crippen MR) is 65.3 cm³/mol. The Morgan fingerprint density at radius 2 is 2.41 bits per heavy atom. The van der Waals surface area contributed by atoms with Crippen LogP contribution in [0.1, 0.15) is 23.8 Å². The zero-order valence-corrected chi connectivity index (χ0v) is 10.2. The number of hydrogen-bond donors (Lipinski definition) is 2. The molecule has 1 aromatic rings. The van der Waals surface area contributed by atoms with Gasteiger partial charge in [-0.25, -0.2) is 9.78 Å². The van der Waals surface area contributed by atoms with Crippen molar-refractivity contribution in [2.24, 2.45) is 0 Å². The summed E-state index contributed by atoms with van der Waals surface area (Å²) in [6.45, 7) is 2.74. The maximum atomic E-state index is 10.8. The van der Waals surface area contributed by atoms with Crippen LogP contribution in [0.15, 0.2) is 17.2 Å². The first kappa shape index (κ1) is 12.2. The van der Waals surface area contributed by atoms with E-state index >= 15 is 0 Å². The summed E-state index contributed by atoms with van der Waals surface area (Å²) >= 11 is 1.49. The second kappa shape index (κ2) is 4.93. The molecule has 1 fully saturated rings. The van der Waals surface area contributed by atoms with Crippen molar-refractivity contribution < 1.29 is 14.6 Å². The van der Waals surface area contributed by atoms with E-state index in [1.807, 2.05) is 6.92 Å². The molecule has 0 aromatic carbocycles. The molecule has 2 rings (SSSR count). The molecule has 2 unspecified atom stereocenters. The van der Waals surface area contributed by atoms with Gasteiger partial charge in [0.2, 0.25) is 0 Å². The number of hydrogen-bond acceptors (Lipinski definition) is 5. The van der Waals surface area contributed by atoms with Crippen molar-refractivity contribution in [2.75, 3.05) is 12.3 Å². The number of carboxylic acid groups (broad SMARTS) is 1. The van der Waals surface area contributed by atoms with E-state index < -0.39 is 5.97 Å². The number of aromatic carboxylic acids is 1. The summed E-state index contributed by atoms with van der Waals surface area (Å²) < 4.78 is 5.45. The average Bonchev–Trinajstić information content (AvgIpc) is 2.67. The van der Waals surface area contributed by atoms with E-state index in [4.69, 9.17) is 15.6 Å². The van der Waals surface area contributed by atoms with Gasteiger partial charge in [-0.1, -0.05) is 11.8 Å². The van der Waals surface area contributed by atoms with Crippen LogP contribution in [0.3, 0.4) is 0 Å². The molecule has 0 radical (unpaired) electrons. The van der Waals surface area contributed by atoms with Crippen molar-refractivity contribution >= 4 is 23.4 Å². The number of carbonyl (C=O) groups is 1. The topological polar surface area (TPSA) is 85.4 Å². The number of rotatable bonds is 3. The molecule has 1 saturated heterocycles. The van der Waals surface area contributed by atoms with E-state index in [9.17, 15) is 4.79 Å². The van der Waals surface area contributed by atoms with Gasteiger partial charge in [0.15, 0.2) is 0 Å². The van der Waals surface area contributed by atoms with Gasteiger partial charge >= 0.3 is 5.97 Å². The third-order valence-electron chi connectivity index (χ3n) is 2.68. The fraction of sp³-hybridized carbons (Fsp3) is 0.455. The molecule has 92 valence electrons. The van der Waals surface area contributed by atoms with Crippen LogP contribution in [0.4, 0.5) is 5.69 Å². The summed E-state index contributed by atoms with van der Waals surface area (Å²) in [5, 5.41) is 9.74. The number of carboxylic acids is 1. The van der Waals surface area contributed by atoms with Crippen molar-refractivity contribution in [3.8, 4) is 0 Å². The quantitative estimate of drug-likeness (QED) is 0.852. The van der Waals surface area contributed by atoms with Gasteiger partial charge in [-0.05, 0) is 25.5 Å². The molecule has 5 nitrogen and oxygen atoms in total. The molecule has 1 aromatic heterocycles. The Bertz CT molecular complexity index is 439. The molecule has 0 bridgehead atoms. The van der Waals surface area contributed by atoms with Crippen molar-refractivity contribution in [1.29, 1.82) is 0 Å². The van der Waals surface area contributed by atoms with E-state index in [0.717, 1.165) is 13.0 Å². The Morgan fingerprint density at radius 1 is 1.65 bits per heavy atom. The Labute approximate surface area is 103 Å². The minimum atomic E-state index is -1.04. The van der Waals surface area contributed by atoms with Gasteiger partial charge in [-0.15, -0.1) is 0 Å². The standard InChI is InChI=1S/C11H14N2O3S/c1-6-9(4-5-16-6)17-10-7(12)2-3-8(13-10)11(14)15/h2-3,6,9H,4-5,12H2,1H3,(H,14,15). The normalized spacial score (nSPS) is 23.8. The molecule has 1 aliphatic rings. The van der Waals surface area contributed by atoms with Gasteiger partial charge in [0.05, 0.1) is 11.8 Å². The highest BCUT2D eigenvalue weighted by atomic mass is 32.2. The molecule has 1 aliphatic heterocycles. The second-order valence-electron chi connectivity index (χ2n) is 3.92. The van der Waals surface area contributed by atoms with Crippen LogP contribution in [0.2, 0.25) is 0 Å². The Balaban J connectivity index is 2.19. The number of aromatic nitrogens is 1. The lowest BCUT2D eigenvalue weighted by molar-refractivity contribution is 0.0690. The number of ether oxygens (including phenoxy) is 1. The first-order valence-electron chi connectivity index (χ1n) is 5.36. The predicted octanol–water partition coefficient (Wildman–Crippen LogP) is 1.63. The van der Waals surface area contributed by atoms with E-state index in [1.54, 1.807) is 6.07 Å². The first-order chi connectivity index (χ1) is 8.08. The molecule has 2 heterocycles. The lowest BCUT2D eigenvalue weighted by atomic mass is 10.3. The molecular formula is C11H14N2O3S. The largest absolute Gasteiger partial charge is 0.477 e. The summed E-state index contributed by atoms with van der Waals surface area (Å²) in [7, 11) is 0. The number of nitrogens with zero attached hydrogens (tertiary/aromatic N) is 1. The number of anilines is 1. The number of nitrogens with two attached hydrogens (primary N) is 1. The SMILES string of the molecule is CC1OCCC1Sc1nc(C(=O)O)ccc1N. The van der Waals surface area contributed by atoms with E-state index in [1.165, 1.54) is 17.8 Å². The van der Waals surface area contributed by atoms with Crippen LogP contribution in [0, 0.1) is 0 Å². The third-order valence-corrected chi connectivity index (χ3v) is 4.15. The van der Waals surface area contributed by atoms with Gasteiger partial charge in [0.25, 0.3) is 0 Å². The Kier molecular flexibility index (Phi) is 3.54. The minimum absolute atomic E-state index is 0.0215. The molecular weight excluding hydrogens is 240 g/mol. The van der Waals surface area contributed by atoms with Crippen LogP contribution in [0.25, 0.3) is 0 Å². The van der Waals surface area contributed by atoms with Crippen LogP contribution >= 0.6 is 11.8 Å². The summed E-state index contributed by atoms with van der Waals surface area (Å²) in [5.74, 6) is -1.04. The van der Waals surface area contributed by atoms with Gasteiger partial charge in [-0.2, -0.15) is 0 Å². The fourth-order valence-electron chi connectivity index (χ4n) is 1.67. The van der Waals surface area contributed by atoms with Crippen molar-refractivity contribution in [1.82, 2.24) is 4.98 Å². The third kappa shape index (κ3) is 2.70. The summed E-state index contributed by atoms with van der Waals surface area (Å²) in [6.07, 6.45) is 1.08. The van der Waals surface area contributed by atoms with Crippen molar-refractivity contribution in [2.45, 2.75) is 29.7 Å². The molecule has 0 saturated carbocycles. The Hall–Kier alpha value is -1.27. The van der Waals surface area contributed by atoms with Gasteiger partial charge < -0.3 is 15.6 Å². The van der Waals surface area contributed by atoms with Gasteiger partial charge in [0, 0.05) is 11.9 Å². The molecule has 0 aliphatic carbocycles. The molecule has 3 N–H and O–H groups in total. The number of nitrogen functional groups attached to an aromatic ring is 1. The monoisotopic (exact) mass is 254 g/mol. The maximum absolute atomic E-state index is 10.8. The van der Waals surface area contributed by atoms with E-state index in [2.05, 4.69) is 4.98 Å². The highest BCUT2D eigenvalue weighted by Crippen LogP contribution is 2.34. The number of thioether (sulfide) groups is 1. The van der Waals surface area contributed by atoms with Crippen molar-refractivity contribution in [3.63, 3.8) is 0 Å². The Morgan fingerprint density at radius 3 is 3.00 bits per heavy atom. The molecule has 6 heteroatoms. The molecule has 0 spiro atoms. The average molecular weight is 254 g/mol. The summed E-state index contributed by atoms with van der Waals surface area (Å²) in [5.41, 5.74) is 6.33. The van der Waals surface area contributed by atoms with Gasteiger partial charge in [0.1, 0.15) is 10.7 Å². The van der Waals surface area contributed by atoms with Crippen LogP contribution in [0.5, 0.6) is 0 Å². The molecule has 17 heavy (non-hydrogen) atoms. The smallest absolute Gasteiger partial charge is 0.354 e. The first-order valence-corrected chi connectivity index (χ1v) is 6.24. The van der Waals surface area contributed by atoms with Crippen LogP contribution in [-0.2, 0) is 4.74 Å². The highest BCUT2D eigenvalue weighted by Gasteiger charge is 2.26. The fourth-order valence-corrected chi connectivity index (χ4v) is 2.80. The minimum Gasteiger partial charge on any atom is -0.477 e. The molecule has 0 amide bonds. The second-order valence-corrected chi connectivity index (χ2v) is 5.14. The zero-order valence-electron chi connectivity index (χ0n) is 9.42. The lowest BCUT2D eigenvalue weighted by Gasteiger charge is -2.14. The van der Waals surface area contributed by atoms with E-state index in [0.29, 0.717) is 10.7 Å². The van der Waals surface area contributed by atoms with Crippen LogP contribution in [-0.4, -0.2) is 34.0 Å². The van der Waals surface area contributed by atoms with Gasteiger partial charge in [-0.3, -0.25) is 0 Å². The van der Waals surface area contributed by atoms with Crippen LogP contribution < -0.4 is 5.73 Å². The number of pyridine rings is 1. The zero-order chi connectivity index (χ0) is 12.4. The molecule has 2 atom stereocenters. The lowest BCUT2D eigenvalue weighted by Crippen LogP contribution is -2.14. The maximum Gasteiger partial charge on any atom is 0.354 e. The summed E-state index contributed by atoms with van der Waals surface area (Å²) in [4.78, 5) is 14.9.